The van der Waals surface area contributed by atoms with Gasteiger partial charge in [0.1, 0.15) is 5.82 Å². The third kappa shape index (κ3) is 4.89. The number of nitrogens with one attached hydrogen (secondary N) is 2. The lowest BCUT2D eigenvalue weighted by Crippen LogP contribution is -2.21. The number of thiazole rings is 1. The highest BCUT2D eigenvalue weighted by molar-refractivity contribution is 7.15. The van der Waals surface area contributed by atoms with E-state index in [9.17, 15) is 9.18 Å². The number of benzene rings is 2. The van der Waals surface area contributed by atoms with E-state index in [1.54, 1.807) is 18.3 Å². The van der Waals surface area contributed by atoms with E-state index >= 15 is 0 Å². The van der Waals surface area contributed by atoms with E-state index in [0.29, 0.717) is 11.6 Å². The molecule has 0 saturated heterocycles. The molecule has 3 aromatic rings. The average Bonchev–Trinajstić information content (AvgIpc) is 3.05. The molecule has 0 atom stereocenters. The van der Waals surface area contributed by atoms with Crippen molar-refractivity contribution in [1.82, 2.24) is 4.98 Å². The number of aryl methyl sites for hydroxylation is 2. The second-order valence-electron chi connectivity index (χ2n) is 6.14. The van der Waals surface area contributed by atoms with E-state index in [-0.39, 0.29) is 18.3 Å². The number of carbonyl (C=O) groups is 1. The minimum Gasteiger partial charge on any atom is -0.376 e. The Bertz CT molecular complexity index is 906. The van der Waals surface area contributed by atoms with Crippen molar-refractivity contribution in [3.8, 4) is 0 Å². The molecule has 0 spiro atoms. The fourth-order valence-corrected chi connectivity index (χ4v) is 3.31. The molecule has 2 aromatic carbocycles. The van der Waals surface area contributed by atoms with Crippen LogP contribution in [0.3, 0.4) is 0 Å². The lowest BCUT2D eigenvalue weighted by Gasteiger charge is -2.08. The third-order valence-electron chi connectivity index (χ3n) is 4.05. The number of halogens is 1. The maximum Gasteiger partial charge on any atom is 0.245 e. The Morgan fingerprint density at radius 3 is 2.62 bits per heavy atom. The average molecular weight is 369 g/mol. The van der Waals surface area contributed by atoms with Crippen molar-refractivity contribution in [1.29, 1.82) is 0 Å². The van der Waals surface area contributed by atoms with Crippen LogP contribution in [-0.2, 0) is 11.2 Å². The van der Waals surface area contributed by atoms with Crippen molar-refractivity contribution in [3.05, 3.63) is 76.0 Å². The van der Waals surface area contributed by atoms with Gasteiger partial charge < -0.3 is 10.6 Å². The molecule has 6 heteroatoms. The van der Waals surface area contributed by atoms with Gasteiger partial charge in [-0.05, 0) is 54.8 Å². The number of carbonyl (C=O) groups excluding carboxylic acids is 1. The minimum absolute atomic E-state index is 0.147. The Morgan fingerprint density at radius 1 is 1.12 bits per heavy atom. The third-order valence-corrected chi connectivity index (χ3v) is 4.96. The summed E-state index contributed by atoms with van der Waals surface area (Å²) in [7, 11) is 0. The summed E-state index contributed by atoms with van der Waals surface area (Å²) in [6.45, 7) is 4.27. The van der Waals surface area contributed by atoms with Crippen LogP contribution in [0.15, 0.2) is 48.7 Å². The van der Waals surface area contributed by atoms with Gasteiger partial charge in [-0.3, -0.25) is 4.79 Å². The maximum absolute atomic E-state index is 12.9. The molecular formula is C20H20FN3OS. The molecule has 26 heavy (non-hydrogen) atoms. The largest absolute Gasteiger partial charge is 0.376 e. The molecule has 0 unspecified atom stereocenters. The lowest BCUT2D eigenvalue weighted by atomic mass is 10.1. The summed E-state index contributed by atoms with van der Waals surface area (Å²) in [5, 5.41) is 6.48. The second-order valence-corrected chi connectivity index (χ2v) is 7.25. The van der Waals surface area contributed by atoms with E-state index in [1.165, 1.54) is 34.6 Å². The van der Waals surface area contributed by atoms with Crippen LogP contribution in [0.1, 0.15) is 21.6 Å². The monoisotopic (exact) mass is 369 g/mol. The zero-order valence-electron chi connectivity index (χ0n) is 14.7. The highest BCUT2D eigenvalue weighted by atomic mass is 32.1. The van der Waals surface area contributed by atoms with Crippen molar-refractivity contribution in [2.45, 2.75) is 20.3 Å². The summed E-state index contributed by atoms with van der Waals surface area (Å²) in [6, 6.07) is 12.4. The van der Waals surface area contributed by atoms with Gasteiger partial charge in [0.15, 0.2) is 5.13 Å². The van der Waals surface area contributed by atoms with Crippen LogP contribution >= 0.6 is 11.3 Å². The smallest absolute Gasteiger partial charge is 0.245 e. The fraction of sp³-hybridized carbons (Fsp3) is 0.200. The maximum atomic E-state index is 12.9. The number of nitrogens with zero attached hydrogens (tertiary/aromatic N) is 1. The van der Waals surface area contributed by atoms with Gasteiger partial charge in [0.2, 0.25) is 5.91 Å². The van der Waals surface area contributed by atoms with Gasteiger partial charge in [-0.25, -0.2) is 9.37 Å². The standard InChI is InChI=1S/C20H20FN3OS/c1-13-3-8-17(9-14(13)2)22-12-19(25)24-20-23-11-18(26-20)10-15-4-6-16(21)7-5-15/h3-9,11,22H,10,12H2,1-2H3,(H,23,24,25). The van der Waals surface area contributed by atoms with Gasteiger partial charge in [0.05, 0.1) is 6.54 Å². The first-order valence-corrected chi connectivity index (χ1v) is 9.11. The van der Waals surface area contributed by atoms with E-state index in [1.807, 2.05) is 25.1 Å². The van der Waals surface area contributed by atoms with Gasteiger partial charge in [-0.15, -0.1) is 11.3 Å². The van der Waals surface area contributed by atoms with Gasteiger partial charge in [-0.1, -0.05) is 18.2 Å². The summed E-state index contributed by atoms with van der Waals surface area (Å²) in [5.74, 6) is -0.395. The summed E-state index contributed by atoms with van der Waals surface area (Å²) in [5.41, 5.74) is 4.32. The van der Waals surface area contributed by atoms with Crippen LogP contribution in [0.25, 0.3) is 0 Å². The zero-order chi connectivity index (χ0) is 18.5. The molecule has 0 fully saturated rings. The van der Waals surface area contributed by atoms with Crippen molar-refractivity contribution >= 4 is 28.1 Å². The van der Waals surface area contributed by atoms with Crippen LogP contribution < -0.4 is 10.6 Å². The van der Waals surface area contributed by atoms with Crippen LogP contribution in [0.5, 0.6) is 0 Å². The molecule has 0 aliphatic rings. The van der Waals surface area contributed by atoms with Crippen LogP contribution in [0, 0.1) is 19.7 Å². The molecule has 0 bridgehead atoms. The molecule has 1 amide bonds. The van der Waals surface area contributed by atoms with Crippen molar-refractivity contribution in [2.24, 2.45) is 0 Å². The first-order chi connectivity index (χ1) is 12.5. The van der Waals surface area contributed by atoms with E-state index in [4.69, 9.17) is 0 Å². The summed E-state index contributed by atoms with van der Waals surface area (Å²) < 4.78 is 12.9. The Kier molecular flexibility index (Phi) is 5.63. The molecule has 3 rings (SSSR count). The molecule has 134 valence electrons. The van der Waals surface area contributed by atoms with Crippen molar-refractivity contribution in [2.75, 3.05) is 17.2 Å². The van der Waals surface area contributed by atoms with Crippen molar-refractivity contribution in [3.63, 3.8) is 0 Å². The van der Waals surface area contributed by atoms with E-state index in [2.05, 4.69) is 22.5 Å². The Morgan fingerprint density at radius 2 is 1.88 bits per heavy atom. The summed E-state index contributed by atoms with van der Waals surface area (Å²) in [4.78, 5) is 17.3. The Labute approximate surface area is 156 Å². The predicted octanol–water partition coefficient (Wildman–Crippen LogP) is 4.54. The number of hydrogen-bond donors (Lipinski definition) is 2. The van der Waals surface area contributed by atoms with Gasteiger partial charge >= 0.3 is 0 Å². The molecule has 0 saturated carbocycles. The highest BCUT2D eigenvalue weighted by Crippen LogP contribution is 2.21. The normalized spacial score (nSPS) is 10.6. The zero-order valence-corrected chi connectivity index (χ0v) is 15.5. The lowest BCUT2D eigenvalue weighted by molar-refractivity contribution is -0.114. The Hall–Kier alpha value is -2.73. The highest BCUT2D eigenvalue weighted by Gasteiger charge is 2.08. The molecule has 1 aromatic heterocycles. The quantitative estimate of drug-likeness (QED) is 0.671. The van der Waals surface area contributed by atoms with Crippen LogP contribution in [0.4, 0.5) is 15.2 Å². The fourth-order valence-electron chi connectivity index (χ4n) is 2.45. The molecular weight excluding hydrogens is 349 g/mol. The van der Waals surface area contributed by atoms with E-state index in [0.717, 1.165) is 16.1 Å². The molecule has 0 radical (unpaired) electrons. The number of amides is 1. The molecule has 0 aliphatic carbocycles. The molecule has 1 heterocycles. The topological polar surface area (TPSA) is 54.0 Å². The number of aromatic nitrogens is 1. The van der Waals surface area contributed by atoms with Crippen LogP contribution in [-0.4, -0.2) is 17.4 Å². The van der Waals surface area contributed by atoms with Gasteiger partial charge in [-0.2, -0.15) is 0 Å². The van der Waals surface area contributed by atoms with Crippen LogP contribution in [0.2, 0.25) is 0 Å². The van der Waals surface area contributed by atoms with Crippen molar-refractivity contribution < 1.29 is 9.18 Å². The second kappa shape index (κ2) is 8.10. The predicted molar refractivity (Wildman–Crippen MR) is 104 cm³/mol. The van der Waals surface area contributed by atoms with Gasteiger partial charge in [0.25, 0.3) is 0 Å². The first kappa shape index (κ1) is 18.1. The number of anilines is 2. The number of rotatable bonds is 6. The van der Waals surface area contributed by atoms with E-state index < -0.39 is 0 Å². The van der Waals surface area contributed by atoms with Gasteiger partial charge in [0, 0.05) is 23.2 Å². The molecule has 4 nitrogen and oxygen atoms in total. The summed E-state index contributed by atoms with van der Waals surface area (Å²) >= 11 is 1.42. The molecule has 0 aliphatic heterocycles. The number of hydrogen-bond acceptors (Lipinski definition) is 4. The first-order valence-electron chi connectivity index (χ1n) is 8.30. The minimum atomic E-state index is -0.248. The Balaban J connectivity index is 1.52. The molecule has 2 N–H and O–H groups in total. The SMILES string of the molecule is Cc1ccc(NCC(=O)Nc2ncc(Cc3ccc(F)cc3)s2)cc1C. The summed E-state index contributed by atoms with van der Waals surface area (Å²) in [6.07, 6.45) is 2.40.